The Bertz CT molecular complexity index is 968. The molecule has 6 nitrogen and oxygen atoms in total. The molecule has 136 valence electrons. The Hall–Kier alpha value is -3.02. The summed E-state index contributed by atoms with van der Waals surface area (Å²) in [5.74, 6) is -0.0419. The molecule has 0 fully saturated rings. The molecule has 0 saturated carbocycles. The van der Waals surface area contributed by atoms with Crippen molar-refractivity contribution in [3.05, 3.63) is 58.6 Å². The Balaban J connectivity index is 1.66. The van der Waals surface area contributed by atoms with Crippen LogP contribution in [0.15, 0.2) is 51.7 Å². The van der Waals surface area contributed by atoms with Crippen molar-refractivity contribution in [1.82, 2.24) is 4.57 Å². The van der Waals surface area contributed by atoms with Gasteiger partial charge in [-0.2, -0.15) is 0 Å². The van der Waals surface area contributed by atoms with Gasteiger partial charge in [-0.3, -0.25) is 9.36 Å². The summed E-state index contributed by atoms with van der Waals surface area (Å²) in [7, 11) is 0. The number of ether oxygens (including phenoxy) is 1. The van der Waals surface area contributed by atoms with E-state index in [0.29, 0.717) is 22.5 Å². The van der Waals surface area contributed by atoms with Crippen molar-refractivity contribution in [2.45, 2.75) is 33.2 Å². The average Bonchev–Trinajstić information content (AvgIpc) is 2.95. The lowest BCUT2D eigenvalue weighted by Crippen LogP contribution is -2.20. The maximum Gasteiger partial charge on any atom is 0.420 e. The first kappa shape index (κ1) is 17.8. The zero-order valence-electron chi connectivity index (χ0n) is 15.1. The molecule has 26 heavy (non-hydrogen) atoms. The van der Waals surface area contributed by atoms with Gasteiger partial charge in [-0.15, -0.1) is 0 Å². The summed E-state index contributed by atoms with van der Waals surface area (Å²) in [5, 5.41) is 2.75. The lowest BCUT2D eigenvalue weighted by Gasteiger charge is -2.09. The molecule has 6 heteroatoms. The van der Waals surface area contributed by atoms with Gasteiger partial charge in [-0.1, -0.05) is 19.1 Å². The number of benzene rings is 2. The van der Waals surface area contributed by atoms with E-state index in [1.54, 1.807) is 22.8 Å². The van der Waals surface area contributed by atoms with Crippen LogP contribution in [-0.4, -0.2) is 17.1 Å². The van der Waals surface area contributed by atoms with E-state index < -0.39 is 5.76 Å². The predicted octanol–water partition coefficient (Wildman–Crippen LogP) is 3.76. The highest BCUT2D eigenvalue weighted by molar-refractivity contribution is 5.93. The summed E-state index contributed by atoms with van der Waals surface area (Å²) in [6, 6.07) is 12.8. The van der Waals surface area contributed by atoms with Crippen molar-refractivity contribution in [3.63, 3.8) is 0 Å². The van der Waals surface area contributed by atoms with Crippen molar-refractivity contribution in [3.8, 4) is 5.75 Å². The molecule has 0 aliphatic carbocycles. The normalized spacial score (nSPS) is 11.1. The topological polar surface area (TPSA) is 73.5 Å². The Morgan fingerprint density at radius 3 is 2.58 bits per heavy atom. The molecule has 0 aliphatic heterocycles. The SMILES string of the molecule is CCc1ccc(OCC(=O)Nc2ccc3c(c2)oc(=O)n3C(C)C)cc1. The molecule has 1 aromatic heterocycles. The molecule has 0 saturated heterocycles. The van der Waals surface area contributed by atoms with Gasteiger partial charge in [0.25, 0.3) is 5.91 Å². The van der Waals surface area contributed by atoms with Crippen LogP contribution in [0, 0.1) is 0 Å². The van der Waals surface area contributed by atoms with E-state index in [4.69, 9.17) is 9.15 Å². The minimum atomic E-state index is -0.405. The van der Waals surface area contributed by atoms with Crippen molar-refractivity contribution in [1.29, 1.82) is 0 Å². The van der Waals surface area contributed by atoms with Crippen LogP contribution >= 0.6 is 0 Å². The number of carbonyl (C=O) groups is 1. The number of nitrogens with one attached hydrogen (secondary N) is 1. The number of aryl methyl sites for hydroxylation is 1. The van der Waals surface area contributed by atoms with Crippen molar-refractivity contribution >= 4 is 22.7 Å². The molecule has 1 amide bonds. The minimum Gasteiger partial charge on any atom is -0.484 e. The van der Waals surface area contributed by atoms with E-state index in [0.717, 1.165) is 6.42 Å². The predicted molar refractivity (Wildman–Crippen MR) is 101 cm³/mol. The van der Waals surface area contributed by atoms with Gasteiger partial charge >= 0.3 is 5.76 Å². The number of aromatic nitrogens is 1. The standard InChI is InChI=1S/C20H22N2O4/c1-4-14-5-8-16(9-6-14)25-12-19(23)21-15-7-10-17-18(11-15)26-20(24)22(17)13(2)3/h5-11,13H,4,12H2,1-3H3,(H,21,23). The molecule has 3 rings (SSSR count). The average molecular weight is 354 g/mol. The molecule has 0 radical (unpaired) electrons. The van der Waals surface area contributed by atoms with Gasteiger partial charge in [0.15, 0.2) is 12.2 Å². The van der Waals surface area contributed by atoms with Crippen LogP contribution in [0.25, 0.3) is 11.1 Å². The van der Waals surface area contributed by atoms with Crippen molar-refractivity contribution in [2.75, 3.05) is 11.9 Å². The first-order valence-electron chi connectivity index (χ1n) is 8.64. The van der Waals surface area contributed by atoms with Gasteiger partial charge in [0.1, 0.15) is 5.75 Å². The lowest BCUT2D eigenvalue weighted by molar-refractivity contribution is -0.118. The van der Waals surface area contributed by atoms with Gasteiger partial charge in [0, 0.05) is 17.8 Å². The summed E-state index contributed by atoms with van der Waals surface area (Å²) in [6.07, 6.45) is 0.956. The number of amides is 1. The highest BCUT2D eigenvalue weighted by atomic mass is 16.5. The third kappa shape index (κ3) is 3.79. The molecule has 0 aliphatic rings. The third-order valence-electron chi connectivity index (χ3n) is 4.11. The molecule has 2 aromatic carbocycles. The monoisotopic (exact) mass is 354 g/mol. The minimum absolute atomic E-state index is 0.00307. The van der Waals surface area contributed by atoms with Gasteiger partial charge in [-0.25, -0.2) is 4.79 Å². The zero-order valence-corrected chi connectivity index (χ0v) is 15.1. The zero-order chi connectivity index (χ0) is 18.7. The Morgan fingerprint density at radius 2 is 1.92 bits per heavy atom. The molecular weight excluding hydrogens is 332 g/mol. The summed E-state index contributed by atoms with van der Waals surface area (Å²) < 4.78 is 12.3. The van der Waals surface area contributed by atoms with Crippen molar-refractivity contribution < 1.29 is 13.9 Å². The van der Waals surface area contributed by atoms with Gasteiger partial charge < -0.3 is 14.5 Å². The smallest absolute Gasteiger partial charge is 0.420 e. The van der Waals surface area contributed by atoms with E-state index in [1.807, 2.05) is 38.1 Å². The van der Waals surface area contributed by atoms with E-state index in [-0.39, 0.29) is 18.6 Å². The number of anilines is 1. The fourth-order valence-corrected chi connectivity index (χ4v) is 2.77. The summed E-state index contributed by atoms with van der Waals surface area (Å²) in [4.78, 5) is 24.0. The Morgan fingerprint density at radius 1 is 1.19 bits per heavy atom. The van der Waals surface area contributed by atoms with Crippen LogP contribution in [0.3, 0.4) is 0 Å². The van der Waals surface area contributed by atoms with Gasteiger partial charge in [-0.05, 0) is 50.1 Å². The number of carbonyl (C=O) groups excluding carboxylic acids is 1. The molecule has 0 atom stereocenters. The van der Waals surface area contributed by atoms with Gasteiger partial charge in [0.2, 0.25) is 0 Å². The second-order valence-electron chi connectivity index (χ2n) is 6.35. The molecule has 3 aromatic rings. The summed E-state index contributed by atoms with van der Waals surface area (Å²) in [5.41, 5.74) is 2.91. The molecular formula is C20H22N2O4. The highest BCUT2D eigenvalue weighted by Gasteiger charge is 2.13. The molecule has 1 heterocycles. The fraction of sp³-hybridized carbons (Fsp3) is 0.300. The molecule has 0 spiro atoms. The fourth-order valence-electron chi connectivity index (χ4n) is 2.77. The lowest BCUT2D eigenvalue weighted by atomic mass is 10.2. The first-order chi connectivity index (χ1) is 12.5. The van der Waals surface area contributed by atoms with Crippen LogP contribution in [0.4, 0.5) is 5.69 Å². The van der Waals surface area contributed by atoms with E-state index >= 15 is 0 Å². The second-order valence-corrected chi connectivity index (χ2v) is 6.35. The summed E-state index contributed by atoms with van der Waals surface area (Å²) >= 11 is 0. The second kappa shape index (κ2) is 7.47. The number of hydrogen-bond acceptors (Lipinski definition) is 4. The largest absolute Gasteiger partial charge is 0.484 e. The third-order valence-corrected chi connectivity index (χ3v) is 4.11. The number of rotatable bonds is 6. The van der Waals surface area contributed by atoms with Gasteiger partial charge in [0.05, 0.1) is 5.52 Å². The Labute approximate surface area is 151 Å². The highest BCUT2D eigenvalue weighted by Crippen LogP contribution is 2.21. The van der Waals surface area contributed by atoms with Crippen LogP contribution in [0.2, 0.25) is 0 Å². The van der Waals surface area contributed by atoms with Crippen LogP contribution < -0.4 is 15.8 Å². The van der Waals surface area contributed by atoms with Crippen LogP contribution in [0.5, 0.6) is 5.75 Å². The van der Waals surface area contributed by atoms with Crippen molar-refractivity contribution in [2.24, 2.45) is 0 Å². The van der Waals surface area contributed by atoms with Crippen LogP contribution in [0.1, 0.15) is 32.4 Å². The number of oxazole rings is 1. The molecule has 0 unspecified atom stereocenters. The number of hydrogen-bond donors (Lipinski definition) is 1. The maximum atomic E-state index is 12.1. The van der Waals surface area contributed by atoms with E-state index in [9.17, 15) is 9.59 Å². The van der Waals surface area contributed by atoms with E-state index in [2.05, 4.69) is 12.2 Å². The maximum absolute atomic E-state index is 12.1. The molecule has 1 N–H and O–H groups in total. The Kier molecular flexibility index (Phi) is 5.11. The van der Waals surface area contributed by atoms with Crippen LogP contribution in [-0.2, 0) is 11.2 Å². The van der Waals surface area contributed by atoms with E-state index in [1.165, 1.54) is 5.56 Å². The first-order valence-corrected chi connectivity index (χ1v) is 8.64. The molecule has 0 bridgehead atoms. The summed E-state index contributed by atoms with van der Waals surface area (Å²) in [6.45, 7) is 5.81. The number of nitrogens with zero attached hydrogens (tertiary/aromatic N) is 1. The number of fused-ring (bicyclic) bond motifs is 1. The quantitative estimate of drug-likeness (QED) is 0.731.